The topological polar surface area (TPSA) is 66.0 Å². The van der Waals surface area contributed by atoms with Crippen LogP contribution < -0.4 is 0 Å². The number of imidazole rings is 1. The van der Waals surface area contributed by atoms with Gasteiger partial charge in [-0.25, -0.2) is 4.98 Å². The molecular weight excluding hydrogens is 192 g/mol. The van der Waals surface area contributed by atoms with Crippen molar-refractivity contribution in [2.24, 2.45) is 5.92 Å². The summed E-state index contributed by atoms with van der Waals surface area (Å²) in [6.45, 7) is 4.31. The molecule has 0 amide bonds. The van der Waals surface area contributed by atoms with E-state index in [1.54, 1.807) is 18.7 Å². The molecule has 1 heterocycles. The van der Waals surface area contributed by atoms with Crippen molar-refractivity contribution in [3.05, 3.63) is 18.7 Å². The lowest BCUT2D eigenvalue weighted by Gasteiger charge is -2.01. The summed E-state index contributed by atoms with van der Waals surface area (Å²) in [6.07, 6.45) is 8.43. The molecular formula is C11H20N2O2. The van der Waals surface area contributed by atoms with E-state index in [-0.39, 0.29) is 0 Å². The minimum Gasteiger partial charge on any atom is -0.481 e. The monoisotopic (exact) mass is 212 g/mol. The zero-order chi connectivity index (χ0) is 11.5. The molecule has 0 saturated heterocycles. The summed E-state index contributed by atoms with van der Waals surface area (Å²) in [5.74, 6) is 0.0255. The van der Waals surface area contributed by atoms with E-state index >= 15 is 0 Å². The number of aliphatic carboxylic acids is 1. The SMILES string of the molecule is CC(C)CCCCC(=O)O.c1c[nH]cn1. The Morgan fingerprint density at radius 1 is 1.47 bits per heavy atom. The average Bonchev–Trinajstić information content (AvgIpc) is 2.69. The molecule has 0 atom stereocenters. The van der Waals surface area contributed by atoms with Crippen molar-refractivity contribution < 1.29 is 9.90 Å². The largest absolute Gasteiger partial charge is 0.481 e. The summed E-state index contributed by atoms with van der Waals surface area (Å²) in [6, 6.07) is 0. The number of H-pyrrole nitrogens is 1. The number of unbranched alkanes of at least 4 members (excludes halogenated alkanes) is 1. The number of nitrogens with zero attached hydrogens (tertiary/aromatic N) is 1. The summed E-state index contributed by atoms with van der Waals surface area (Å²) in [5, 5.41) is 8.28. The zero-order valence-electron chi connectivity index (χ0n) is 9.44. The van der Waals surface area contributed by atoms with Crippen LogP contribution in [-0.2, 0) is 4.79 Å². The van der Waals surface area contributed by atoms with Gasteiger partial charge in [0.05, 0.1) is 6.33 Å². The molecule has 0 aromatic carbocycles. The molecule has 1 aromatic heterocycles. The number of aromatic nitrogens is 2. The maximum Gasteiger partial charge on any atom is 0.303 e. The molecule has 0 fully saturated rings. The quantitative estimate of drug-likeness (QED) is 0.737. The molecule has 4 heteroatoms. The van der Waals surface area contributed by atoms with Crippen LogP contribution in [0.2, 0.25) is 0 Å². The summed E-state index contributed by atoms with van der Waals surface area (Å²) < 4.78 is 0. The second-order valence-corrected chi connectivity index (χ2v) is 3.79. The van der Waals surface area contributed by atoms with Gasteiger partial charge >= 0.3 is 5.97 Å². The van der Waals surface area contributed by atoms with Crippen molar-refractivity contribution >= 4 is 5.97 Å². The first kappa shape index (κ1) is 13.7. The van der Waals surface area contributed by atoms with Crippen molar-refractivity contribution in [2.45, 2.75) is 39.5 Å². The molecule has 1 rings (SSSR count). The minimum absolute atomic E-state index is 0.326. The van der Waals surface area contributed by atoms with Gasteiger partial charge in [0.15, 0.2) is 0 Å². The van der Waals surface area contributed by atoms with Gasteiger partial charge in [-0.05, 0) is 12.3 Å². The Kier molecular flexibility index (Phi) is 8.43. The Morgan fingerprint density at radius 3 is 2.53 bits per heavy atom. The number of carboxylic acid groups (broad SMARTS) is 1. The first-order valence-corrected chi connectivity index (χ1v) is 5.27. The van der Waals surface area contributed by atoms with Gasteiger partial charge in [0.2, 0.25) is 0 Å². The third kappa shape index (κ3) is 12.7. The normalized spacial score (nSPS) is 9.53. The van der Waals surface area contributed by atoms with Gasteiger partial charge in [-0.3, -0.25) is 4.79 Å². The standard InChI is InChI=1S/C8H16O2.C3H4N2/c1-7(2)5-3-4-6-8(9)10;1-2-5-3-4-1/h7H,3-6H2,1-2H3,(H,9,10);1-3H,(H,4,5). The van der Waals surface area contributed by atoms with Crippen molar-refractivity contribution in [2.75, 3.05) is 0 Å². The Bertz CT molecular complexity index is 216. The summed E-state index contributed by atoms with van der Waals surface area (Å²) in [4.78, 5) is 16.5. The van der Waals surface area contributed by atoms with Gasteiger partial charge in [-0.2, -0.15) is 0 Å². The van der Waals surface area contributed by atoms with Gasteiger partial charge in [0, 0.05) is 18.8 Å². The van der Waals surface area contributed by atoms with E-state index in [0.717, 1.165) is 19.3 Å². The van der Waals surface area contributed by atoms with Gasteiger partial charge in [0.1, 0.15) is 0 Å². The lowest BCUT2D eigenvalue weighted by Crippen LogP contribution is -1.94. The Morgan fingerprint density at radius 2 is 2.20 bits per heavy atom. The highest BCUT2D eigenvalue weighted by molar-refractivity contribution is 5.66. The van der Waals surface area contributed by atoms with Crippen LogP contribution >= 0.6 is 0 Å². The number of rotatable bonds is 5. The van der Waals surface area contributed by atoms with E-state index in [2.05, 4.69) is 23.8 Å². The number of nitrogens with one attached hydrogen (secondary N) is 1. The van der Waals surface area contributed by atoms with E-state index in [9.17, 15) is 4.79 Å². The average molecular weight is 212 g/mol. The van der Waals surface area contributed by atoms with Gasteiger partial charge in [-0.15, -0.1) is 0 Å². The highest BCUT2D eigenvalue weighted by atomic mass is 16.4. The first-order chi connectivity index (χ1) is 7.13. The van der Waals surface area contributed by atoms with E-state index in [1.807, 2.05) is 0 Å². The van der Waals surface area contributed by atoms with Crippen LogP contribution in [-0.4, -0.2) is 21.0 Å². The number of hydrogen-bond donors (Lipinski definition) is 2. The van der Waals surface area contributed by atoms with Crippen molar-refractivity contribution in [1.82, 2.24) is 9.97 Å². The van der Waals surface area contributed by atoms with Crippen LogP contribution in [0.3, 0.4) is 0 Å². The summed E-state index contributed by atoms with van der Waals surface area (Å²) >= 11 is 0. The summed E-state index contributed by atoms with van der Waals surface area (Å²) in [7, 11) is 0. The van der Waals surface area contributed by atoms with Gasteiger partial charge < -0.3 is 10.1 Å². The second-order valence-electron chi connectivity index (χ2n) is 3.79. The molecule has 0 bridgehead atoms. The fourth-order valence-electron chi connectivity index (χ4n) is 1.04. The second kappa shape index (κ2) is 9.24. The van der Waals surface area contributed by atoms with E-state index in [4.69, 9.17) is 5.11 Å². The lowest BCUT2D eigenvalue weighted by molar-refractivity contribution is -0.137. The molecule has 4 nitrogen and oxygen atoms in total. The smallest absolute Gasteiger partial charge is 0.303 e. The third-order valence-electron chi connectivity index (χ3n) is 1.83. The Hall–Kier alpha value is -1.32. The van der Waals surface area contributed by atoms with E-state index < -0.39 is 5.97 Å². The van der Waals surface area contributed by atoms with Crippen molar-refractivity contribution in [1.29, 1.82) is 0 Å². The molecule has 0 saturated carbocycles. The molecule has 0 spiro atoms. The van der Waals surface area contributed by atoms with Crippen LogP contribution in [0.25, 0.3) is 0 Å². The molecule has 0 aliphatic heterocycles. The maximum atomic E-state index is 10.0. The molecule has 2 N–H and O–H groups in total. The van der Waals surface area contributed by atoms with Crippen LogP contribution in [0, 0.1) is 5.92 Å². The third-order valence-corrected chi connectivity index (χ3v) is 1.83. The van der Waals surface area contributed by atoms with Crippen LogP contribution in [0.4, 0.5) is 0 Å². The van der Waals surface area contributed by atoms with E-state index in [1.165, 1.54) is 0 Å². The Labute approximate surface area is 90.7 Å². The van der Waals surface area contributed by atoms with Gasteiger partial charge in [-0.1, -0.05) is 26.7 Å². The van der Waals surface area contributed by atoms with Crippen molar-refractivity contribution in [3.63, 3.8) is 0 Å². The fraction of sp³-hybridized carbons (Fsp3) is 0.636. The highest BCUT2D eigenvalue weighted by Crippen LogP contribution is 2.07. The van der Waals surface area contributed by atoms with Crippen LogP contribution in [0.5, 0.6) is 0 Å². The first-order valence-electron chi connectivity index (χ1n) is 5.27. The van der Waals surface area contributed by atoms with Gasteiger partial charge in [0.25, 0.3) is 0 Å². The fourth-order valence-corrected chi connectivity index (χ4v) is 1.04. The maximum absolute atomic E-state index is 10.0. The number of carbonyl (C=O) groups is 1. The minimum atomic E-state index is -0.677. The van der Waals surface area contributed by atoms with Crippen LogP contribution in [0.1, 0.15) is 39.5 Å². The number of hydrogen-bond acceptors (Lipinski definition) is 2. The molecule has 0 aliphatic rings. The molecule has 1 aromatic rings. The zero-order valence-corrected chi connectivity index (χ0v) is 9.44. The molecule has 0 aliphatic carbocycles. The molecule has 86 valence electrons. The lowest BCUT2D eigenvalue weighted by atomic mass is 10.1. The molecule has 0 unspecified atom stereocenters. The number of carboxylic acids is 1. The Balaban J connectivity index is 0.000000322. The van der Waals surface area contributed by atoms with E-state index in [0.29, 0.717) is 12.3 Å². The predicted molar refractivity (Wildman–Crippen MR) is 59.5 cm³/mol. The summed E-state index contributed by atoms with van der Waals surface area (Å²) in [5.41, 5.74) is 0. The molecule has 15 heavy (non-hydrogen) atoms. The highest BCUT2D eigenvalue weighted by Gasteiger charge is 1.97. The number of aromatic amines is 1. The van der Waals surface area contributed by atoms with Crippen LogP contribution in [0.15, 0.2) is 18.7 Å². The predicted octanol–water partition coefficient (Wildman–Crippen LogP) is 2.70. The molecule has 0 radical (unpaired) electrons. The van der Waals surface area contributed by atoms with Crippen molar-refractivity contribution in [3.8, 4) is 0 Å².